The van der Waals surface area contributed by atoms with Crippen molar-refractivity contribution in [3.63, 3.8) is 0 Å². The highest BCUT2D eigenvalue weighted by Gasteiger charge is 2.12. The monoisotopic (exact) mass is 550 g/mol. The predicted octanol–water partition coefficient (Wildman–Crippen LogP) is 5.05. The van der Waals surface area contributed by atoms with Crippen molar-refractivity contribution >= 4 is 22.8 Å². The zero-order valence-electron chi connectivity index (χ0n) is 24.6. The maximum Gasteiger partial charge on any atom is 0.243 e. The second-order valence-corrected chi connectivity index (χ2v) is 10.9. The van der Waals surface area contributed by atoms with E-state index in [2.05, 4.69) is 116 Å². The summed E-state index contributed by atoms with van der Waals surface area (Å²) in [5.74, 6) is 0. The highest BCUT2D eigenvalue weighted by atomic mass is 15.4. The molecule has 5 rings (SSSR count). The Morgan fingerprint density at radius 3 is 2.22 bits per heavy atom. The molecule has 0 amide bonds. The standard InChI is InChI=1S/C34H44N7/c1-36-24-25-38(29-36)20-12-13-21-40-27-26-39(30-40)19-10-3-4-11-22-41-23-18-31(33-16-8-9-17-34(33)41)28-35-37(2)32-14-6-5-7-15-32/h5-9,14-18,23-30H,3-4,10-13,19-22H2,1-2H3/q+3. The molecule has 7 nitrogen and oxygen atoms in total. The third-order valence-electron chi connectivity index (χ3n) is 7.68. The highest BCUT2D eigenvalue weighted by molar-refractivity contribution is 5.97. The molecular weight excluding hydrogens is 506 g/mol. The van der Waals surface area contributed by atoms with Crippen molar-refractivity contribution in [1.82, 2.24) is 9.13 Å². The number of benzene rings is 2. The molecule has 7 heteroatoms. The van der Waals surface area contributed by atoms with Crippen molar-refractivity contribution in [2.24, 2.45) is 12.1 Å². The van der Waals surface area contributed by atoms with Gasteiger partial charge in [0, 0.05) is 31.2 Å². The van der Waals surface area contributed by atoms with Crippen LogP contribution < -0.4 is 18.7 Å². The fourth-order valence-corrected chi connectivity index (χ4v) is 5.33. The van der Waals surface area contributed by atoms with Crippen LogP contribution in [0.25, 0.3) is 10.9 Å². The lowest BCUT2D eigenvalue weighted by Crippen LogP contribution is -2.34. The van der Waals surface area contributed by atoms with E-state index < -0.39 is 0 Å². The summed E-state index contributed by atoms with van der Waals surface area (Å²) < 4.78 is 11.4. The van der Waals surface area contributed by atoms with Crippen molar-refractivity contribution in [3.8, 4) is 0 Å². The molecular formula is C34H44N7+3. The molecule has 0 aliphatic carbocycles. The molecule has 0 aliphatic heterocycles. The molecule has 0 unspecified atom stereocenters. The Kier molecular flexibility index (Phi) is 9.93. The molecule has 0 fully saturated rings. The molecule has 5 aromatic rings. The van der Waals surface area contributed by atoms with Gasteiger partial charge < -0.3 is 0 Å². The van der Waals surface area contributed by atoms with Gasteiger partial charge in [-0.2, -0.15) is 9.67 Å². The van der Waals surface area contributed by atoms with Gasteiger partial charge in [0.05, 0.1) is 44.0 Å². The molecule has 41 heavy (non-hydrogen) atoms. The van der Waals surface area contributed by atoms with E-state index in [-0.39, 0.29) is 0 Å². The number of hydrogen-bond donors (Lipinski definition) is 0. The van der Waals surface area contributed by atoms with Crippen LogP contribution in [0.15, 0.2) is 109 Å². The van der Waals surface area contributed by atoms with Crippen molar-refractivity contribution < 1.29 is 13.7 Å². The third-order valence-corrected chi connectivity index (χ3v) is 7.68. The van der Waals surface area contributed by atoms with E-state index in [4.69, 9.17) is 5.10 Å². The quantitative estimate of drug-likeness (QED) is 0.0778. The van der Waals surface area contributed by atoms with Crippen LogP contribution in [0.3, 0.4) is 0 Å². The second kappa shape index (κ2) is 14.4. The van der Waals surface area contributed by atoms with Crippen LogP contribution in [0, 0.1) is 0 Å². The fourth-order valence-electron chi connectivity index (χ4n) is 5.33. The number of hydrazone groups is 1. The molecule has 3 aromatic heterocycles. The molecule has 0 aliphatic rings. The van der Waals surface area contributed by atoms with E-state index in [0.717, 1.165) is 37.4 Å². The van der Waals surface area contributed by atoms with Crippen LogP contribution in [-0.2, 0) is 33.2 Å². The largest absolute Gasteiger partial charge is 0.269 e. The second-order valence-electron chi connectivity index (χ2n) is 10.9. The number of anilines is 1. The van der Waals surface area contributed by atoms with Gasteiger partial charge in [-0.3, -0.25) is 5.01 Å². The number of pyridine rings is 1. The van der Waals surface area contributed by atoms with Gasteiger partial charge in [-0.15, -0.1) is 0 Å². The minimum Gasteiger partial charge on any atom is -0.269 e. The number of aryl methyl sites for hydroxylation is 5. The third kappa shape index (κ3) is 8.13. The summed E-state index contributed by atoms with van der Waals surface area (Å²) in [5, 5.41) is 7.84. The summed E-state index contributed by atoms with van der Waals surface area (Å²) in [6.07, 6.45) is 24.5. The van der Waals surface area contributed by atoms with E-state index in [0.29, 0.717) is 0 Å². The van der Waals surface area contributed by atoms with Crippen LogP contribution in [-0.4, -0.2) is 22.4 Å². The SMILES string of the molecule is CN(/N=C/c1cc[n+](CCCCCC[n+]2ccn(CCCCn3cc[n+](C)c3)c2)c2ccccc12)c1ccccc1. The number of fused-ring (bicyclic) bond motifs is 1. The topological polar surface area (TPSA) is 37.1 Å². The van der Waals surface area contributed by atoms with Crippen LogP contribution in [0.1, 0.15) is 44.1 Å². The van der Waals surface area contributed by atoms with Gasteiger partial charge in [-0.05, 0) is 50.3 Å². The van der Waals surface area contributed by atoms with Crippen LogP contribution in [0.4, 0.5) is 5.69 Å². The summed E-state index contributed by atoms with van der Waals surface area (Å²) in [5.41, 5.74) is 3.47. The average Bonchev–Trinajstić information content (AvgIpc) is 3.65. The first-order chi connectivity index (χ1) is 20.2. The molecule has 0 saturated carbocycles. The first-order valence-corrected chi connectivity index (χ1v) is 15.0. The van der Waals surface area contributed by atoms with Crippen LogP contribution in [0.2, 0.25) is 0 Å². The molecule has 0 radical (unpaired) electrons. The maximum absolute atomic E-state index is 4.69. The molecule has 0 saturated heterocycles. The zero-order chi connectivity index (χ0) is 28.3. The van der Waals surface area contributed by atoms with Gasteiger partial charge >= 0.3 is 0 Å². The summed E-state index contributed by atoms with van der Waals surface area (Å²) in [7, 11) is 4.05. The van der Waals surface area contributed by atoms with E-state index >= 15 is 0 Å². The van der Waals surface area contributed by atoms with Gasteiger partial charge in [-0.1, -0.05) is 30.3 Å². The number of nitrogens with zero attached hydrogens (tertiary/aromatic N) is 7. The number of unbranched alkanes of at least 4 members (excludes halogenated alkanes) is 4. The van der Waals surface area contributed by atoms with Gasteiger partial charge in [0.2, 0.25) is 18.2 Å². The summed E-state index contributed by atoms with van der Waals surface area (Å²) in [6, 6.07) is 21.1. The number of para-hydroxylation sites is 2. The fraction of sp³-hybridized carbons (Fsp3) is 0.353. The summed E-state index contributed by atoms with van der Waals surface area (Å²) in [4.78, 5) is 0. The van der Waals surface area contributed by atoms with Crippen LogP contribution >= 0.6 is 0 Å². The van der Waals surface area contributed by atoms with Crippen molar-refractivity contribution in [3.05, 3.63) is 110 Å². The smallest absolute Gasteiger partial charge is 0.243 e. The normalized spacial score (nSPS) is 11.6. The van der Waals surface area contributed by atoms with Gasteiger partial charge in [-0.25, -0.2) is 18.3 Å². The lowest BCUT2D eigenvalue weighted by atomic mass is 10.1. The van der Waals surface area contributed by atoms with Gasteiger partial charge in [0.25, 0.3) is 0 Å². The lowest BCUT2D eigenvalue weighted by Gasteiger charge is -2.12. The molecule has 0 bridgehead atoms. The molecule has 0 atom stereocenters. The number of imidazole rings is 2. The Balaban J connectivity index is 1.03. The number of rotatable bonds is 15. The van der Waals surface area contributed by atoms with E-state index in [1.54, 1.807) is 0 Å². The first kappa shape index (κ1) is 28.3. The molecule has 212 valence electrons. The molecule has 0 spiro atoms. The zero-order valence-corrected chi connectivity index (χ0v) is 24.6. The Morgan fingerprint density at radius 1 is 0.732 bits per heavy atom. The maximum atomic E-state index is 4.69. The average molecular weight is 551 g/mol. The van der Waals surface area contributed by atoms with Crippen molar-refractivity contribution in [2.45, 2.75) is 64.7 Å². The van der Waals surface area contributed by atoms with E-state index in [1.165, 1.54) is 49.4 Å². The predicted molar refractivity (Wildman–Crippen MR) is 165 cm³/mol. The van der Waals surface area contributed by atoms with Gasteiger partial charge in [0.1, 0.15) is 31.3 Å². The number of aromatic nitrogens is 5. The summed E-state index contributed by atoms with van der Waals surface area (Å²) >= 11 is 0. The highest BCUT2D eigenvalue weighted by Crippen LogP contribution is 2.16. The lowest BCUT2D eigenvalue weighted by molar-refractivity contribution is -0.697. The van der Waals surface area contributed by atoms with Crippen molar-refractivity contribution in [1.29, 1.82) is 0 Å². The molecule has 2 aromatic carbocycles. The van der Waals surface area contributed by atoms with Crippen molar-refractivity contribution in [2.75, 3.05) is 12.1 Å². The Labute approximate surface area is 244 Å². The molecule has 3 heterocycles. The summed E-state index contributed by atoms with van der Waals surface area (Å²) in [6.45, 7) is 4.29. The minimum absolute atomic E-state index is 1.03. The van der Waals surface area contributed by atoms with E-state index in [1.807, 2.05) is 36.5 Å². The Morgan fingerprint density at radius 2 is 1.44 bits per heavy atom. The minimum atomic E-state index is 1.03. The van der Waals surface area contributed by atoms with Gasteiger partial charge in [0.15, 0.2) is 6.20 Å². The molecule has 0 N–H and O–H groups in total. The van der Waals surface area contributed by atoms with E-state index in [9.17, 15) is 0 Å². The Bertz CT molecular complexity index is 1530. The Hall–Kier alpha value is -4.26. The first-order valence-electron chi connectivity index (χ1n) is 15.0. The number of hydrogen-bond acceptors (Lipinski definition) is 2. The van der Waals surface area contributed by atoms with Crippen LogP contribution in [0.5, 0.6) is 0 Å².